The summed E-state index contributed by atoms with van der Waals surface area (Å²) in [6, 6.07) is 17.8. The van der Waals surface area contributed by atoms with Crippen molar-refractivity contribution in [2.45, 2.75) is 29.0 Å². The van der Waals surface area contributed by atoms with Crippen molar-refractivity contribution in [1.29, 1.82) is 0 Å². The van der Waals surface area contributed by atoms with E-state index in [1.54, 1.807) is 4.90 Å². The van der Waals surface area contributed by atoms with Crippen molar-refractivity contribution >= 4 is 29.3 Å². The summed E-state index contributed by atoms with van der Waals surface area (Å²) in [5.41, 5.74) is 2.06. The second-order valence-electron chi connectivity index (χ2n) is 6.07. The summed E-state index contributed by atoms with van der Waals surface area (Å²) in [5, 5.41) is 3.04. The Balaban J connectivity index is 1.50. The van der Waals surface area contributed by atoms with E-state index in [-0.39, 0.29) is 11.8 Å². The van der Waals surface area contributed by atoms with Gasteiger partial charge in [0.05, 0.1) is 5.69 Å². The summed E-state index contributed by atoms with van der Waals surface area (Å²) in [6.45, 7) is 0.573. The van der Waals surface area contributed by atoms with Gasteiger partial charge < -0.3 is 5.32 Å². The van der Waals surface area contributed by atoms with Crippen LogP contribution in [-0.2, 0) is 16.0 Å². The number of carbonyl (C=O) groups excluding carboxylic acids is 2. The van der Waals surface area contributed by atoms with Crippen molar-refractivity contribution in [1.82, 2.24) is 5.32 Å². The van der Waals surface area contributed by atoms with Crippen LogP contribution in [0, 0.1) is 0 Å². The second kappa shape index (κ2) is 5.98. The molecule has 1 fully saturated rings. The third-order valence-electron chi connectivity index (χ3n) is 4.57. The molecule has 0 radical (unpaired) electrons. The molecule has 1 atom stereocenters. The van der Waals surface area contributed by atoms with Crippen LogP contribution in [-0.4, -0.2) is 23.2 Å². The molecule has 0 saturated carbocycles. The highest BCUT2D eigenvalue weighted by molar-refractivity contribution is 8.02. The Morgan fingerprint density at radius 2 is 1.88 bits per heavy atom. The van der Waals surface area contributed by atoms with E-state index >= 15 is 0 Å². The fraction of sp³-hybridized carbons (Fsp3) is 0.263. The summed E-state index contributed by atoms with van der Waals surface area (Å²) in [5.74, 6) is -0.0314. The monoisotopic (exact) mass is 338 g/mol. The van der Waals surface area contributed by atoms with Crippen molar-refractivity contribution in [3.8, 4) is 0 Å². The van der Waals surface area contributed by atoms with E-state index in [0.29, 0.717) is 19.4 Å². The van der Waals surface area contributed by atoms with Crippen LogP contribution in [0.15, 0.2) is 59.5 Å². The predicted octanol–water partition coefficient (Wildman–Crippen LogP) is 2.97. The minimum Gasteiger partial charge on any atom is -0.353 e. The molecule has 2 aliphatic rings. The van der Waals surface area contributed by atoms with Crippen molar-refractivity contribution < 1.29 is 9.59 Å². The van der Waals surface area contributed by atoms with Gasteiger partial charge in [-0.3, -0.25) is 14.5 Å². The Bertz CT molecular complexity index is 793. The normalized spacial score (nSPS) is 21.5. The Kier molecular flexibility index (Phi) is 3.81. The van der Waals surface area contributed by atoms with Gasteiger partial charge >= 0.3 is 0 Å². The summed E-state index contributed by atoms with van der Waals surface area (Å²) in [7, 11) is 0. The topological polar surface area (TPSA) is 49.4 Å². The summed E-state index contributed by atoms with van der Waals surface area (Å²) in [6.07, 6.45) is 1.77. The minimum absolute atomic E-state index is 0.0330. The molecule has 5 heteroatoms. The van der Waals surface area contributed by atoms with E-state index < -0.39 is 4.87 Å². The lowest BCUT2D eigenvalue weighted by atomic mass is 10.1. The molecule has 1 unspecified atom stereocenters. The first-order chi connectivity index (χ1) is 11.7. The zero-order chi connectivity index (χ0) is 16.6. The maximum Gasteiger partial charge on any atom is 0.257 e. The van der Waals surface area contributed by atoms with E-state index in [0.717, 1.165) is 17.0 Å². The number of nitrogens with one attached hydrogen (secondary N) is 1. The van der Waals surface area contributed by atoms with E-state index in [4.69, 9.17) is 0 Å². The molecule has 0 aromatic heterocycles. The zero-order valence-electron chi connectivity index (χ0n) is 13.2. The fourth-order valence-corrected chi connectivity index (χ4v) is 4.84. The highest BCUT2D eigenvalue weighted by atomic mass is 32.2. The Morgan fingerprint density at radius 3 is 2.71 bits per heavy atom. The lowest BCUT2D eigenvalue weighted by molar-refractivity contribution is -0.124. The molecule has 2 amide bonds. The number of amides is 2. The molecule has 0 bridgehead atoms. The van der Waals surface area contributed by atoms with Crippen molar-refractivity contribution in [2.24, 2.45) is 0 Å². The van der Waals surface area contributed by atoms with Crippen LogP contribution in [0.3, 0.4) is 0 Å². The molecule has 2 aromatic carbocycles. The fourth-order valence-electron chi connectivity index (χ4n) is 3.40. The summed E-state index contributed by atoms with van der Waals surface area (Å²) >= 11 is 1.51. The lowest BCUT2D eigenvalue weighted by Gasteiger charge is -2.29. The third kappa shape index (κ3) is 2.40. The number of fused-ring (bicyclic) bond motifs is 3. The number of anilines is 1. The molecular weight excluding hydrogens is 320 g/mol. The minimum atomic E-state index is -0.808. The summed E-state index contributed by atoms with van der Waals surface area (Å²) in [4.78, 5) is 27.2. The van der Waals surface area contributed by atoms with Gasteiger partial charge in [0.15, 0.2) is 4.87 Å². The van der Waals surface area contributed by atoms with Gasteiger partial charge in [-0.25, -0.2) is 0 Å². The van der Waals surface area contributed by atoms with Crippen LogP contribution in [0.5, 0.6) is 0 Å². The maximum atomic E-state index is 12.9. The molecule has 24 heavy (non-hydrogen) atoms. The molecule has 4 rings (SSSR count). The number of para-hydroxylation sites is 1. The first kappa shape index (κ1) is 15.3. The number of thioether (sulfide) groups is 1. The van der Waals surface area contributed by atoms with Gasteiger partial charge in [0.2, 0.25) is 5.91 Å². The van der Waals surface area contributed by atoms with Crippen molar-refractivity contribution in [3.63, 3.8) is 0 Å². The van der Waals surface area contributed by atoms with Crippen molar-refractivity contribution in [2.75, 3.05) is 11.4 Å². The number of carbonyl (C=O) groups is 2. The number of rotatable bonds is 4. The van der Waals surface area contributed by atoms with E-state index in [1.165, 1.54) is 17.3 Å². The van der Waals surface area contributed by atoms with Gasteiger partial charge in [-0.15, -0.1) is 0 Å². The molecule has 0 aliphatic carbocycles. The van der Waals surface area contributed by atoms with Crippen LogP contribution in [0.4, 0.5) is 5.69 Å². The second-order valence-corrected chi connectivity index (χ2v) is 7.39. The first-order valence-electron chi connectivity index (χ1n) is 8.14. The van der Waals surface area contributed by atoms with Crippen LogP contribution in [0.25, 0.3) is 0 Å². The van der Waals surface area contributed by atoms with Crippen LogP contribution >= 0.6 is 11.8 Å². The SMILES string of the molecule is O=C1CCC2(C(=O)NCCc3ccccc3)Sc3ccccc3N12. The Hall–Kier alpha value is -2.27. The molecule has 2 aromatic rings. The molecule has 122 valence electrons. The van der Waals surface area contributed by atoms with Crippen LogP contribution in [0.1, 0.15) is 18.4 Å². The van der Waals surface area contributed by atoms with Gasteiger partial charge in [0.25, 0.3) is 5.91 Å². The molecule has 4 nitrogen and oxygen atoms in total. The quantitative estimate of drug-likeness (QED) is 0.932. The lowest BCUT2D eigenvalue weighted by Crippen LogP contribution is -2.52. The third-order valence-corrected chi connectivity index (χ3v) is 6.05. The van der Waals surface area contributed by atoms with Gasteiger partial charge in [0, 0.05) is 17.9 Å². The Morgan fingerprint density at radius 1 is 1.12 bits per heavy atom. The number of nitrogens with zero attached hydrogens (tertiary/aromatic N) is 1. The van der Waals surface area contributed by atoms with E-state index in [9.17, 15) is 9.59 Å². The molecule has 1 saturated heterocycles. The molecule has 0 spiro atoms. The van der Waals surface area contributed by atoms with Crippen LogP contribution in [0.2, 0.25) is 0 Å². The van der Waals surface area contributed by atoms with Gasteiger partial charge in [0.1, 0.15) is 0 Å². The van der Waals surface area contributed by atoms with Gasteiger partial charge in [-0.2, -0.15) is 0 Å². The number of hydrogen-bond donors (Lipinski definition) is 1. The Labute approximate surface area is 145 Å². The molecular formula is C19H18N2O2S. The highest BCUT2D eigenvalue weighted by Gasteiger charge is 2.57. The molecule has 1 N–H and O–H groups in total. The summed E-state index contributed by atoms with van der Waals surface area (Å²) < 4.78 is 0. The number of hydrogen-bond acceptors (Lipinski definition) is 3. The predicted molar refractivity (Wildman–Crippen MR) is 94.9 cm³/mol. The standard InChI is InChI=1S/C19H18N2O2S/c22-17-10-12-19(21(17)15-8-4-5-9-16(15)24-19)18(23)20-13-11-14-6-2-1-3-7-14/h1-9H,10-13H2,(H,20,23). The molecule has 2 aliphatic heterocycles. The van der Waals surface area contributed by atoms with E-state index in [2.05, 4.69) is 17.4 Å². The van der Waals surface area contributed by atoms with Gasteiger partial charge in [-0.05, 0) is 30.5 Å². The zero-order valence-corrected chi connectivity index (χ0v) is 14.0. The smallest absolute Gasteiger partial charge is 0.257 e. The average Bonchev–Trinajstić information content (AvgIpc) is 3.12. The first-order valence-corrected chi connectivity index (χ1v) is 8.96. The van der Waals surface area contributed by atoms with Gasteiger partial charge in [-0.1, -0.05) is 54.2 Å². The van der Waals surface area contributed by atoms with Crippen LogP contribution < -0.4 is 10.2 Å². The largest absolute Gasteiger partial charge is 0.353 e. The average molecular weight is 338 g/mol. The number of benzene rings is 2. The van der Waals surface area contributed by atoms with E-state index in [1.807, 2.05) is 42.5 Å². The maximum absolute atomic E-state index is 12.9. The van der Waals surface area contributed by atoms with Crippen molar-refractivity contribution in [3.05, 3.63) is 60.2 Å². The highest BCUT2D eigenvalue weighted by Crippen LogP contribution is 2.55. The molecule has 2 heterocycles.